The number of hydrogen-bond donors (Lipinski definition) is 1. The van der Waals surface area contributed by atoms with E-state index in [0.717, 1.165) is 32.6 Å². The van der Waals surface area contributed by atoms with Gasteiger partial charge in [0.25, 0.3) is 0 Å². The molecule has 21 heavy (non-hydrogen) atoms. The van der Waals surface area contributed by atoms with Crippen LogP contribution >= 0.6 is 11.3 Å². The number of hydrogen-bond acceptors (Lipinski definition) is 5. The van der Waals surface area contributed by atoms with Crippen LogP contribution in [0, 0.1) is 6.92 Å². The van der Waals surface area contributed by atoms with Crippen molar-refractivity contribution < 1.29 is 0 Å². The van der Waals surface area contributed by atoms with Gasteiger partial charge in [0.15, 0.2) is 5.13 Å². The molecule has 0 aliphatic rings. The molecule has 0 radical (unpaired) electrons. The molecule has 0 spiro atoms. The van der Waals surface area contributed by atoms with E-state index >= 15 is 0 Å². The Balaban J connectivity index is 2.79. The largest absolute Gasteiger partial charge is 0.347 e. The number of nitrogens with one attached hydrogen (secondary N) is 1. The first kappa shape index (κ1) is 18.4. The van der Waals surface area contributed by atoms with Crippen LogP contribution in [0.2, 0.25) is 0 Å². The summed E-state index contributed by atoms with van der Waals surface area (Å²) in [5, 5.41) is 4.74. The fraction of sp³-hybridized carbons (Fsp3) is 0.812. The van der Waals surface area contributed by atoms with E-state index in [0.29, 0.717) is 6.04 Å². The van der Waals surface area contributed by atoms with Gasteiger partial charge in [-0.3, -0.25) is 0 Å². The van der Waals surface area contributed by atoms with E-state index in [2.05, 4.69) is 56.9 Å². The second-order valence-electron chi connectivity index (χ2n) is 5.91. The molecule has 4 nitrogen and oxygen atoms in total. The van der Waals surface area contributed by atoms with Gasteiger partial charge in [-0.05, 0) is 47.3 Å². The minimum atomic E-state index is 0.397. The predicted molar refractivity (Wildman–Crippen MR) is 94.6 cm³/mol. The molecule has 0 saturated heterocycles. The number of aromatic nitrogens is 1. The van der Waals surface area contributed by atoms with Gasteiger partial charge in [0.1, 0.15) is 0 Å². The van der Waals surface area contributed by atoms with Crippen LogP contribution < -0.4 is 10.2 Å². The molecule has 0 aliphatic heterocycles. The highest BCUT2D eigenvalue weighted by molar-refractivity contribution is 7.15. The summed E-state index contributed by atoms with van der Waals surface area (Å²) in [5.41, 5.74) is 1.18. The quantitative estimate of drug-likeness (QED) is 0.718. The van der Waals surface area contributed by atoms with Gasteiger partial charge in [-0.1, -0.05) is 13.8 Å². The molecule has 0 amide bonds. The Morgan fingerprint density at radius 3 is 2.43 bits per heavy atom. The van der Waals surface area contributed by atoms with E-state index in [4.69, 9.17) is 4.98 Å². The summed E-state index contributed by atoms with van der Waals surface area (Å²) in [4.78, 5) is 10.9. The molecule has 5 heteroatoms. The minimum absolute atomic E-state index is 0.397. The first-order valence-corrected chi connectivity index (χ1v) is 8.91. The third-order valence-corrected chi connectivity index (χ3v) is 4.90. The number of anilines is 1. The fourth-order valence-corrected chi connectivity index (χ4v) is 3.42. The van der Waals surface area contributed by atoms with Crippen molar-refractivity contribution in [1.29, 1.82) is 0 Å². The summed E-state index contributed by atoms with van der Waals surface area (Å²) in [7, 11) is 4.25. The topological polar surface area (TPSA) is 31.4 Å². The lowest BCUT2D eigenvalue weighted by atomic mass is 10.2. The van der Waals surface area contributed by atoms with Crippen LogP contribution in [0.25, 0.3) is 0 Å². The summed E-state index contributed by atoms with van der Waals surface area (Å²) in [6.07, 6.45) is 2.32. The van der Waals surface area contributed by atoms with E-state index in [9.17, 15) is 0 Å². The predicted octanol–water partition coefficient (Wildman–Crippen LogP) is 3.29. The minimum Gasteiger partial charge on any atom is -0.347 e. The zero-order chi connectivity index (χ0) is 15.8. The maximum absolute atomic E-state index is 4.82. The van der Waals surface area contributed by atoms with E-state index in [1.165, 1.54) is 22.1 Å². The number of thiazole rings is 1. The first-order chi connectivity index (χ1) is 9.99. The summed E-state index contributed by atoms with van der Waals surface area (Å²) < 4.78 is 0. The number of aryl methyl sites for hydroxylation is 1. The Morgan fingerprint density at radius 1 is 1.14 bits per heavy atom. The second-order valence-corrected chi connectivity index (χ2v) is 6.92. The molecule has 0 aliphatic carbocycles. The number of rotatable bonds is 10. The van der Waals surface area contributed by atoms with E-state index in [1.807, 2.05) is 11.3 Å². The van der Waals surface area contributed by atoms with Crippen LogP contribution in [-0.2, 0) is 0 Å². The Bertz CT molecular complexity index is 403. The van der Waals surface area contributed by atoms with Gasteiger partial charge < -0.3 is 15.1 Å². The van der Waals surface area contributed by atoms with Crippen molar-refractivity contribution in [2.75, 3.05) is 45.2 Å². The standard InChI is InChI=1S/C16H32N4S/c1-7-9-17-13(3)15-14(4)18-16(21-15)20(10-8-2)12-11-19(5)6/h13,17H,7-12H2,1-6H3. The lowest BCUT2D eigenvalue weighted by Gasteiger charge is -2.23. The normalized spacial score (nSPS) is 12.9. The van der Waals surface area contributed by atoms with E-state index < -0.39 is 0 Å². The van der Waals surface area contributed by atoms with Crippen LogP contribution in [0.3, 0.4) is 0 Å². The van der Waals surface area contributed by atoms with Crippen molar-refractivity contribution in [3.05, 3.63) is 10.6 Å². The maximum Gasteiger partial charge on any atom is 0.185 e. The van der Waals surface area contributed by atoms with Gasteiger partial charge >= 0.3 is 0 Å². The zero-order valence-corrected chi connectivity index (χ0v) is 15.4. The molecule has 1 N–H and O–H groups in total. The highest BCUT2D eigenvalue weighted by Crippen LogP contribution is 2.30. The Hall–Kier alpha value is -0.650. The van der Waals surface area contributed by atoms with Crippen molar-refractivity contribution >= 4 is 16.5 Å². The summed E-state index contributed by atoms with van der Waals surface area (Å²) in [6, 6.07) is 0.397. The smallest absolute Gasteiger partial charge is 0.185 e. The second kappa shape index (κ2) is 9.38. The molecule has 1 rings (SSSR count). The zero-order valence-electron chi connectivity index (χ0n) is 14.6. The van der Waals surface area contributed by atoms with E-state index in [1.54, 1.807) is 0 Å². The molecular weight excluding hydrogens is 280 g/mol. The summed E-state index contributed by atoms with van der Waals surface area (Å²) in [6.45, 7) is 13.1. The van der Waals surface area contributed by atoms with Crippen molar-refractivity contribution in [3.8, 4) is 0 Å². The Labute approximate surface area is 134 Å². The lowest BCUT2D eigenvalue weighted by Crippen LogP contribution is -2.32. The summed E-state index contributed by atoms with van der Waals surface area (Å²) >= 11 is 1.85. The van der Waals surface area contributed by atoms with Crippen molar-refractivity contribution in [2.45, 2.75) is 46.6 Å². The molecule has 122 valence electrons. The molecule has 1 aromatic heterocycles. The van der Waals surface area contributed by atoms with Crippen LogP contribution in [0.15, 0.2) is 0 Å². The molecule has 1 unspecified atom stereocenters. The number of nitrogens with zero attached hydrogens (tertiary/aromatic N) is 3. The molecule has 1 heterocycles. The average molecular weight is 313 g/mol. The van der Waals surface area contributed by atoms with Gasteiger partial charge in [-0.15, -0.1) is 11.3 Å². The molecule has 0 saturated carbocycles. The fourth-order valence-electron chi connectivity index (χ4n) is 2.28. The molecule has 1 atom stereocenters. The van der Waals surface area contributed by atoms with Gasteiger partial charge in [-0.25, -0.2) is 4.98 Å². The van der Waals surface area contributed by atoms with Gasteiger partial charge in [0.2, 0.25) is 0 Å². The molecule has 1 aromatic rings. The Morgan fingerprint density at radius 2 is 1.86 bits per heavy atom. The molecule has 0 fully saturated rings. The van der Waals surface area contributed by atoms with Crippen LogP contribution in [0.1, 0.15) is 50.2 Å². The summed E-state index contributed by atoms with van der Waals surface area (Å²) in [5.74, 6) is 0. The van der Waals surface area contributed by atoms with E-state index in [-0.39, 0.29) is 0 Å². The Kier molecular flexibility index (Phi) is 8.22. The van der Waals surface area contributed by atoms with Crippen LogP contribution in [0.5, 0.6) is 0 Å². The van der Waals surface area contributed by atoms with Gasteiger partial charge in [0.05, 0.1) is 5.69 Å². The maximum atomic E-state index is 4.82. The monoisotopic (exact) mass is 312 g/mol. The molecule has 0 aromatic carbocycles. The lowest BCUT2D eigenvalue weighted by molar-refractivity contribution is 0.413. The van der Waals surface area contributed by atoms with Crippen molar-refractivity contribution in [2.24, 2.45) is 0 Å². The average Bonchev–Trinajstić information content (AvgIpc) is 2.82. The van der Waals surface area contributed by atoms with Crippen molar-refractivity contribution in [1.82, 2.24) is 15.2 Å². The molecular formula is C16H32N4S. The molecule has 0 bridgehead atoms. The first-order valence-electron chi connectivity index (χ1n) is 8.09. The highest BCUT2D eigenvalue weighted by atomic mass is 32.1. The van der Waals surface area contributed by atoms with Crippen LogP contribution in [0.4, 0.5) is 5.13 Å². The van der Waals surface area contributed by atoms with Crippen LogP contribution in [-0.4, -0.2) is 50.2 Å². The van der Waals surface area contributed by atoms with Gasteiger partial charge in [0, 0.05) is 30.6 Å². The third-order valence-electron chi connectivity index (χ3n) is 3.50. The van der Waals surface area contributed by atoms with Crippen molar-refractivity contribution in [3.63, 3.8) is 0 Å². The highest BCUT2D eigenvalue weighted by Gasteiger charge is 2.17. The SMILES string of the molecule is CCCNC(C)c1sc(N(CCC)CCN(C)C)nc1C. The third kappa shape index (κ3) is 5.93. The van der Waals surface area contributed by atoms with Gasteiger partial charge in [-0.2, -0.15) is 0 Å². The number of likely N-dealkylation sites (N-methyl/N-ethyl adjacent to an activating group) is 1.